The van der Waals surface area contributed by atoms with Gasteiger partial charge in [-0.2, -0.15) is 0 Å². The third-order valence-electron chi connectivity index (χ3n) is 2.29. The van der Waals surface area contributed by atoms with Crippen LogP contribution in [0, 0.1) is 0 Å². The first-order chi connectivity index (χ1) is 8.00. The Balaban J connectivity index is 2.54. The van der Waals surface area contributed by atoms with Crippen molar-refractivity contribution >= 4 is 27.1 Å². The summed E-state index contributed by atoms with van der Waals surface area (Å²) >= 11 is 5.72. The van der Waals surface area contributed by atoms with Gasteiger partial charge in [0.05, 0.1) is 9.79 Å². The Kier molecular flexibility index (Phi) is 3.09. The van der Waals surface area contributed by atoms with Gasteiger partial charge in [0.25, 0.3) is 0 Å². The van der Waals surface area contributed by atoms with E-state index in [-0.39, 0.29) is 9.79 Å². The molecule has 0 saturated carbocycles. The molecule has 0 radical (unpaired) electrons. The predicted octanol–water partition coefficient (Wildman–Crippen LogP) is 2.76. The maximum absolute atomic E-state index is 12.2. The Bertz CT molecular complexity index is 636. The molecular weight excluding hydrogens is 258 g/mol. The lowest BCUT2D eigenvalue weighted by molar-refractivity contribution is 0.596. The molecule has 5 heteroatoms. The number of rotatable bonds is 2. The molecule has 2 aromatic carbocycles. The van der Waals surface area contributed by atoms with Gasteiger partial charge in [-0.15, -0.1) is 0 Å². The Morgan fingerprint density at radius 3 is 2.18 bits per heavy atom. The molecule has 0 fully saturated rings. The highest BCUT2D eigenvalue weighted by Gasteiger charge is 2.17. The first-order valence-electron chi connectivity index (χ1n) is 4.86. The molecule has 0 saturated heterocycles. The largest absolute Gasteiger partial charge is 0.399 e. The topological polar surface area (TPSA) is 60.2 Å². The van der Waals surface area contributed by atoms with Crippen LogP contribution in [0.1, 0.15) is 0 Å². The summed E-state index contributed by atoms with van der Waals surface area (Å²) in [5, 5.41) is 0.497. The van der Waals surface area contributed by atoms with Gasteiger partial charge >= 0.3 is 0 Å². The fourth-order valence-electron chi connectivity index (χ4n) is 1.43. The number of hydrogen-bond acceptors (Lipinski definition) is 3. The van der Waals surface area contributed by atoms with E-state index in [0.29, 0.717) is 10.7 Å². The fourth-order valence-corrected chi connectivity index (χ4v) is 2.87. The van der Waals surface area contributed by atoms with E-state index in [2.05, 4.69) is 0 Å². The summed E-state index contributed by atoms with van der Waals surface area (Å²) in [6, 6.07) is 12.2. The summed E-state index contributed by atoms with van der Waals surface area (Å²) in [4.78, 5) is 0.382. The van der Waals surface area contributed by atoms with E-state index in [0.717, 1.165) is 0 Å². The fraction of sp³-hybridized carbons (Fsp3) is 0. The van der Waals surface area contributed by atoms with Crippen LogP contribution in [0.5, 0.6) is 0 Å². The van der Waals surface area contributed by atoms with Crippen molar-refractivity contribution in [3.63, 3.8) is 0 Å². The average molecular weight is 268 g/mol. The second-order valence-electron chi connectivity index (χ2n) is 3.53. The normalized spacial score (nSPS) is 11.4. The van der Waals surface area contributed by atoms with Gasteiger partial charge in [-0.3, -0.25) is 0 Å². The van der Waals surface area contributed by atoms with Gasteiger partial charge in [0.15, 0.2) is 0 Å². The van der Waals surface area contributed by atoms with E-state index in [1.807, 2.05) is 0 Å². The van der Waals surface area contributed by atoms with Crippen molar-refractivity contribution in [2.45, 2.75) is 9.79 Å². The number of sulfone groups is 1. The quantitative estimate of drug-likeness (QED) is 0.851. The molecule has 0 atom stereocenters. The maximum atomic E-state index is 12.2. The van der Waals surface area contributed by atoms with Gasteiger partial charge in [-0.1, -0.05) is 17.7 Å². The lowest BCUT2D eigenvalue weighted by atomic mass is 10.3. The average Bonchev–Trinajstić information content (AvgIpc) is 2.29. The van der Waals surface area contributed by atoms with Crippen molar-refractivity contribution in [2.24, 2.45) is 0 Å². The molecule has 2 aromatic rings. The number of anilines is 1. The van der Waals surface area contributed by atoms with Crippen LogP contribution >= 0.6 is 11.6 Å². The standard InChI is InChI=1S/C12H10ClNO2S/c13-9-4-6-11(7-5-9)17(15,16)12-3-1-2-10(14)8-12/h1-8H,14H2. The summed E-state index contributed by atoms with van der Waals surface area (Å²) in [5.41, 5.74) is 5.99. The van der Waals surface area contributed by atoms with Crippen molar-refractivity contribution in [3.05, 3.63) is 53.6 Å². The Hall–Kier alpha value is -1.52. The van der Waals surface area contributed by atoms with Crippen molar-refractivity contribution in [2.75, 3.05) is 5.73 Å². The van der Waals surface area contributed by atoms with Crippen molar-refractivity contribution in [1.82, 2.24) is 0 Å². The van der Waals surface area contributed by atoms with Crippen LogP contribution in [-0.4, -0.2) is 8.42 Å². The molecule has 17 heavy (non-hydrogen) atoms. The number of hydrogen-bond donors (Lipinski definition) is 1. The van der Waals surface area contributed by atoms with Gasteiger partial charge < -0.3 is 5.73 Å². The van der Waals surface area contributed by atoms with E-state index in [4.69, 9.17) is 17.3 Å². The lowest BCUT2D eigenvalue weighted by Crippen LogP contribution is -2.02. The van der Waals surface area contributed by atoms with Gasteiger partial charge in [-0.25, -0.2) is 8.42 Å². The minimum absolute atomic E-state index is 0.180. The molecule has 0 aromatic heterocycles. The van der Waals surface area contributed by atoms with E-state index >= 15 is 0 Å². The van der Waals surface area contributed by atoms with Gasteiger partial charge in [-0.05, 0) is 42.5 Å². The zero-order chi connectivity index (χ0) is 12.5. The lowest BCUT2D eigenvalue weighted by Gasteiger charge is -2.05. The molecule has 88 valence electrons. The Morgan fingerprint density at radius 2 is 1.59 bits per heavy atom. The van der Waals surface area contributed by atoms with Crippen molar-refractivity contribution in [3.8, 4) is 0 Å². The third kappa shape index (κ3) is 2.43. The Labute approximate surface area is 105 Å². The molecule has 0 heterocycles. The first kappa shape index (κ1) is 12.0. The van der Waals surface area contributed by atoms with Gasteiger partial charge in [0, 0.05) is 10.7 Å². The molecule has 2 rings (SSSR count). The number of nitrogens with two attached hydrogens (primary N) is 1. The van der Waals surface area contributed by atoms with Crippen LogP contribution in [0.25, 0.3) is 0 Å². The Morgan fingerprint density at radius 1 is 0.941 bits per heavy atom. The SMILES string of the molecule is Nc1cccc(S(=O)(=O)c2ccc(Cl)cc2)c1. The molecule has 0 aliphatic carbocycles. The highest BCUT2D eigenvalue weighted by Crippen LogP contribution is 2.23. The van der Waals surface area contributed by atoms with Crippen molar-refractivity contribution < 1.29 is 8.42 Å². The molecule has 0 spiro atoms. The highest BCUT2D eigenvalue weighted by molar-refractivity contribution is 7.91. The number of benzene rings is 2. The number of halogens is 1. The first-order valence-corrected chi connectivity index (χ1v) is 6.72. The summed E-state index contributed by atoms with van der Waals surface area (Å²) < 4.78 is 24.4. The minimum atomic E-state index is -3.52. The second-order valence-corrected chi connectivity index (χ2v) is 5.92. The minimum Gasteiger partial charge on any atom is -0.399 e. The molecule has 0 bridgehead atoms. The van der Waals surface area contributed by atoms with Crippen LogP contribution in [0.3, 0.4) is 0 Å². The predicted molar refractivity (Wildman–Crippen MR) is 67.8 cm³/mol. The van der Waals surface area contributed by atoms with Crippen LogP contribution < -0.4 is 5.73 Å². The summed E-state index contributed by atoms with van der Waals surface area (Å²) in [5.74, 6) is 0. The molecule has 2 N–H and O–H groups in total. The number of nitrogen functional groups attached to an aromatic ring is 1. The monoisotopic (exact) mass is 267 g/mol. The zero-order valence-corrected chi connectivity index (χ0v) is 10.4. The van der Waals surface area contributed by atoms with E-state index in [1.165, 1.54) is 24.3 Å². The maximum Gasteiger partial charge on any atom is 0.206 e. The molecule has 0 unspecified atom stereocenters. The molecular formula is C12H10ClNO2S. The zero-order valence-electron chi connectivity index (χ0n) is 8.80. The van der Waals surface area contributed by atoms with Crippen LogP contribution in [0.2, 0.25) is 5.02 Å². The third-order valence-corrected chi connectivity index (χ3v) is 4.31. The molecule has 0 aliphatic rings. The van der Waals surface area contributed by atoms with E-state index < -0.39 is 9.84 Å². The van der Waals surface area contributed by atoms with Gasteiger partial charge in [0.1, 0.15) is 0 Å². The second kappa shape index (κ2) is 4.39. The summed E-state index contributed by atoms with van der Waals surface area (Å²) in [6.45, 7) is 0. The molecule has 0 aliphatic heterocycles. The highest BCUT2D eigenvalue weighted by atomic mass is 35.5. The summed E-state index contributed by atoms with van der Waals surface area (Å²) in [7, 11) is -3.52. The van der Waals surface area contributed by atoms with Crippen LogP contribution in [-0.2, 0) is 9.84 Å². The molecule has 3 nitrogen and oxygen atoms in total. The van der Waals surface area contributed by atoms with E-state index in [1.54, 1.807) is 24.3 Å². The molecule has 0 amide bonds. The summed E-state index contributed by atoms with van der Waals surface area (Å²) in [6.07, 6.45) is 0. The van der Waals surface area contributed by atoms with Crippen LogP contribution in [0.15, 0.2) is 58.3 Å². The smallest absolute Gasteiger partial charge is 0.206 e. The van der Waals surface area contributed by atoms with E-state index in [9.17, 15) is 8.42 Å². The van der Waals surface area contributed by atoms with Crippen LogP contribution in [0.4, 0.5) is 5.69 Å². The van der Waals surface area contributed by atoms with Gasteiger partial charge in [0.2, 0.25) is 9.84 Å². The van der Waals surface area contributed by atoms with Crippen molar-refractivity contribution in [1.29, 1.82) is 0 Å².